The van der Waals surface area contributed by atoms with Crippen LogP contribution in [0.1, 0.15) is 12.8 Å². The lowest BCUT2D eigenvalue weighted by atomic mass is 9.78. The van der Waals surface area contributed by atoms with Crippen molar-refractivity contribution in [3.63, 3.8) is 0 Å². The molecule has 0 radical (unpaired) electrons. The van der Waals surface area contributed by atoms with E-state index in [0.717, 1.165) is 4.47 Å². The summed E-state index contributed by atoms with van der Waals surface area (Å²) in [6.45, 7) is 0.759. The number of hydrogen-bond donors (Lipinski definition) is 3. The molecule has 1 saturated heterocycles. The number of amidine groups is 1. The molecular weight excluding hydrogens is 362 g/mol. The monoisotopic (exact) mass is 375 g/mol. The fraction of sp³-hybridized carbons (Fsp3) is 0.385. The van der Waals surface area contributed by atoms with Gasteiger partial charge < -0.3 is 21.0 Å². The number of nitrogens with two attached hydrogens (primary N) is 1. The van der Waals surface area contributed by atoms with Crippen LogP contribution in [-0.4, -0.2) is 30.2 Å². The number of nitrogens with one attached hydrogen (secondary N) is 1. The van der Waals surface area contributed by atoms with Gasteiger partial charge in [-0.1, -0.05) is 16.8 Å². The molecule has 1 fully saturated rings. The van der Waals surface area contributed by atoms with E-state index in [1.54, 1.807) is 18.2 Å². The van der Waals surface area contributed by atoms with Crippen LogP contribution in [0.3, 0.4) is 0 Å². The second kappa shape index (κ2) is 6.64. The number of rotatable bonds is 3. The molecule has 1 aliphatic rings. The Hall–Kier alpha value is -1.31. The van der Waals surface area contributed by atoms with Gasteiger partial charge in [0.15, 0.2) is 5.84 Å². The van der Waals surface area contributed by atoms with Gasteiger partial charge in [-0.3, -0.25) is 4.79 Å². The van der Waals surface area contributed by atoms with Gasteiger partial charge in [0, 0.05) is 23.4 Å². The average molecular weight is 377 g/mol. The van der Waals surface area contributed by atoms with Crippen LogP contribution in [0.5, 0.6) is 0 Å². The maximum absolute atomic E-state index is 12.6. The second-order valence-electron chi connectivity index (χ2n) is 4.76. The molecule has 4 N–H and O–H groups in total. The molecule has 1 amide bonds. The van der Waals surface area contributed by atoms with Gasteiger partial charge in [0.05, 0.1) is 5.02 Å². The minimum absolute atomic E-state index is 0.105. The van der Waals surface area contributed by atoms with Gasteiger partial charge in [0.2, 0.25) is 5.91 Å². The normalized spacial score (nSPS) is 18.3. The predicted octanol–water partition coefficient (Wildman–Crippen LogP) is 2.58. The molecule has 114 valence electrons. The third kappa shape index (κ3) is 3.30. The van der Waals surface area contributed by atoms with Crippen LogP contribution in [0.2, 0.25) is 5.02 Å². The highest BCUT2D eigenvalue weighted by atomic mass is 79.9. The third-order valence-corrected chi connectivity index (χ3v) is 4.79. The fourth-order valence-electron chi connectivity index (χ4n) is 2.24. The Morgan fingerprint density at radius 1 is 1.48 bits per heavy atom. The third-order valence-electron chi connectivity index (χ3n) is 3.56. The lowest BCUT2D eigenvalue weighted by Gasteiger charge is -2.34. The molecular formula is C13H15BrClN3O3. The van der Waals surface area contributed by atoms with Gasteiger partial charge in [-0.15, -0.1) is 0 Å². The zero-order valence-electron chi connectivity index (χ0n) is 11.1. The Balaban J connectivity index is 2.24. The van der Waals surface area contributed by atoms with Crippen molar-refractivity contribution in [2.24, 2.45) is 16.3 Å². The molecule has 1 aromatic carbocycles. The number of carbonyl (C=O) groups excluding carboxylic acids is 1. The van der Waals surface area contributed by atoms with Crippen LogP contribution in [0.15, 0.2) is 27.8 Å². The Morgan fingerprint density at radius 2 is 2.14 bits per heavy atom. The molecule has 2 rings (SSSR count). The molecule has 0 saturated carbocycles. The summed E-state index contributed by atoms with van der Waals surface area (Å²) in [4.78, 5) is 12.6. The number of oxime groups is 1. The molecule has 0 aromatic heterocycles. The SMILES string of the molecule is N/C(=N/O)C1(C(=O)Nc2ccc(Br)c(Cl)c2)CCOCC1. The number of ether oxygens (including phenoxy) is 1. The lowest BCUT2D eigenvalue weighted by Crippen LogP contribution is -2.50. The predicted molar refractivity (Wildman–Crippen MR) is 83.7 cm³/mol. The molecule has 1 heterocycles. The summed E-state index contributed by atoms with van der Waals surface area (Å²) >= 11 is 9.28. The maximum atomic E-state index is 12.6. The highest BCUT2D eigenvalue weighted by Gasteiger charge is 2.44. The minimum atomic E-state index is -1.06. The number of amides is 1. The summed E-state index contributed by atoms with van der Waals surface area (Å²) in [5.74, 6) is -0.439. The highest BCUT2D eigenvalue weighted by molar-refractivity contribution is 9.10. The van der Waals surface area contributed by atoms with Gasteiger partial charge >= 0.3 is 0 Å². The standard InChI is InChI=1S/C13H15BrClN3O3/c14-9-2-1-8(7-10(9)15)17-12(19)13(11(16)18-20)3-5-21-6-4-13/h1-2,7,20H,3-6H2,(H2,16,18)(H,17,19). The Kier molecular flexibility index (Phi) is 5.08. The van der Waals surface area contributed by atoms with Crippen molar-refractivity contribution in [1.29, 1.82) is 0 Å². The first-order valence-corrected chi connectivity index (χ1v) is 7.49. The number of hydrogen-bond acceptors (Lipinski definition) is 4. The summed E-state index contributed by atoms with van der Waals surface area (Å²) in [6.07, 6.45) is 0.720. The smallest absolute Gasteiger partial charge is 0.238 e. The first-order chi connectivity index (χ1) is 9.99. The first-order valence-electron chi connectivity index (χ1n) is 6.32. The second-order valence-corrected chi connectivity index (χ2v) is 6.02. The number of carbonyl (C=O) groups is 1. The molecule has 1 aliphatic heterocycles. The van der Waals surface area contributed by atoms with Crippen LogP contribution >= 0.6 is 27.5 Å². The van der Waals surface area contributed by atoms with Crippen LogP contribution in [0.25, 0.3) is 0 Å². The van der Waals surface area contributed by atoms with E-state index in [1.807, 2.05) is 0 Å². The van der Waals surface area contributed by atoms with E-state index in [-0.39, 0.29) is 11.7 Å². The summed E-state index contributed by atoms with van der Waals surface area (Å²) in [7, 11) is 0. The highest BCUT2D eigenvalue weighted by Crippen LogP contribution is 2.33. The fourth-order valence-corrected chi connectivity index (χ4v) is 2.67. The Labute approximate surface area is 135 Å². The minimum Gasteiger partial charge on any atom is -0.409 e. The van der Waals surface area contributed by atoms with Crippen molar-refractivity contribution in [2.75, 3.05) is 18.5 Å². The van der Waals surface area contributed by atoms with Crippen LogP contribution in [-0.2, 0) is 9.53 Å². The van der Waals surface area contributed by atoms with Gasteiger partial charge in [0.25, 0.3) is 0 Å². The number of benzene rings is 1. The zero-order chi connectivity index (χ0) is 15.5. The number of halogens is 2. The largest absolute Gasteiger partial charge is 0.409 e. The van der Waals surface area contributed by atoms with Gasteiger partial charge in [0.1, 0.15) is 5.41 Å². The van der Waals surface area contributed by atoms with Crippen molar-refractivity contribution in [3.8, 4) is 0 Å². The van der Waals surface area contributed by atoms with E-state index in [0.29, 0.717) is 36.8 Å². The Morgan fingerprint density at radius 3 is 2.71 bits per heavy atom. The van der Waals surface area contributed by atoms with E-state index in [9.17, 15) is 4.79 Å². The summed E-state index contributed by atoms with van der Waals surface area (Å²) in [5, 5.41) is 15.2. The van der Waals surface area contributed by atoms with E-state index in [4.69, 9.17) is 27.3 Å². The lowest BCUT2D eigenvalue weighted by molar-refractivity contribution is -0.126. The van der Waals surface area contributed by atoms with E-state index < -0.39 is 5.41 Å². The summed E-state index contributed by atoms with van der Waals surface area (Å²) < 4.78 is 5.99. The molecule has 8 heteroatoms. The number of anilines is 1. The van der Waals surface area contributed by atoms with Gasteiger partial charge in [-0.05, 0) is 47.0 Å². The van der Waals surface area contributed by atoms with Crippen molar-refractivity contribution < 1.29 is 14.7 Å². The van der Waals surface area contributed by atoms with Crippen molar-refractivity contribution in [3.05, 3.63) is 27.7 Å². The van der Waals surface area contributed by atoms with E-state index in [1.165, 1.54) is 0 Å². The maximum Gasteiger partial charge on any atom is 0.238 e. The molecule has 0 atom stereocenters. The Bertz CT molecular complexity index is 574. The van der Waals surface area contributed by atoms with Crippen molar-refractivity contribution >= 4 is 45.0 Å². The molecule has 0 bridgehead atoms. The van der Waals surface area contributed by atoms with Crippen molar-refractivity contribution in [2.45, 2.75) is 12.8 Å². The summed E-state index contributed by atoms with van der Waals surface area (Å²) in [6, 6.07) is 5.08. The van der Waals surface area contributed by atoms with Crippen LogP contribution < -0.4 is 11.1 Å². The zero-order valence-corrected chi connectivity index (χ0v) is 13.4. The van der Waals surface area contributed by atoms with Gasteiger partial charge in [-0.2, -0.15) is 0 Å². The van der Waals surface area contributed by atoms with Crippen LogP contribution in [0.4, 0.5) is 5.69 Å². The molecule has 6 nitrogen and oxygen atoms in total. The van der Waals surface area contributed by atoms with Crippen molar-refractivity contribution in [1.82, 2.24) is 0 Å². The molecule has 0 aliphatic carbocycles. The van der Waals surface area contributed by atoms with E-state index >= 15 is 0 Å². The summed E-state index contributed by atoms with van der Waals surface area (Å²) in [5.41, 5.74) is 5.22. The van der Waals surface area contributed by atoms with Gasteiger partial charge in [-0.25, -0.2) is 0 Å². The number of nitrogens with zero attached hydrogens (tertiary/aromatic N) is 1. The average Bonchev–Trinajstić information content (AvgIpc) is 2.50. The molecule has 0 spiro atoms. The topological polar surface area (TPSA) is 96.9 Å². The molecule has 1 aromatic rings. The van der Waals surface area contributed by atoms with E-state index in [2.05, 4.69) is 26.4 Å². The quantitative estimate of drug-likeness (QED) is 0.327. The van der Waals surface area contributed by atoms with Crippen LogP contribution in [0, 0.1) is 5.41 Å². The molecule has 21 heavy (non-hydrogen) atoms. The first kappa shape index (κ1) is 16.1. The molecule has 0 unspecified atom stereocenters.